The van der Waals surface area contributed by atoms with Crippen LogP contribution in [0.4, 0.5) is 0 Å². The van der Waals surface area contributed by atoms with Gasteiger partial charge in [-0.1, -0.05) is 0 Å². The first-order valence-corrected chi connectivity index (χ1v) is 2.44. The fourth-order valence-corrected chi connectivity index (χ4v) is 0.390. The zero-order valence-electron chi connectivity index (χ0n) is 4.87. The summed E-state index contributed by atoms with van der Waals surface area (Å²) in [7, 11) is 0. The van der Waals surface area contributed by atoms with Crippen LogP contribution in [0.1, 0.15) is 0 Å². The highest BCUT2D eigenvalue weighted by atomic mass is 16.1. The maximum absolute atomic E-state index is 9.96. The summed E-state index contributed by atoms with van der Waals surface area (Å²) in [4.78, 5) is 19.9. The summed E-state index contributed by atoms with van der Waals surface area (Å²) >= 11 is 0. The van der Waals surface area contributed by atoms with Crippen molar-refractivity contribution in [3.05, 3.63) is 0 Å². The van der Waals surface area contributed by atoms with Crippen molar-refractivity contribution >= 4 is 24.2 Å². The molecule has 0 amide bonds. The molecule has 10 heavy (non-hydrogen) atoms. The minimum absolute atomic E-state index is 0.0469. The van der Waals surface area contributed by atoms with Crippen LogP contribution < -0.4 is 10.9 Å². The van der Waals surface area contributed by atoms with Gasteiger partial charge in [0.25, 0.3) is 0 Å². The van der Waals surface area contributed by atoms with Crippen molar-refractivity contribution in [1.82, 2.24) is 10.9 Å². The summed E-state index contributed by atoms with van der Waals surface area (Å²) in [5.41, 5.74) is 4.49. The topological polar surface area (TPSA) is 82.9 Å². The predicted molar refractivity (Wildman–Crippen MR) is 33.3 cm³/mol. The molecule has 0 fully saturated rings. The van der Waals surface area contributed by atoms with Crippen molar-refractivity contribution in [2.45, 2.75) is 0 Å². The molecule has 1 aliphatic rings. The lowest BCUT2D eigenvalue weighted by Crippen LogP contribution is -2.34. The zero-order valence-corrected chi connectivity index (χ0v) is 4.87. The quantitative estimate of drug-likeness (QED) is 0.443. The largest absolute Gasteiger partial charge is 0.294 e. The van der Waals surface area contributed by atoms with Gasteiger partial charge < -0.3 is 0 Å². The number of rotatable bonds is 2. The number of hydrogen-bond acceptors (Lipinski definition) is 6. The first kappa shape index (κ1) is 6.40. The SMILES string of the molecule is O=CC1=NNC(C=O)=NN1. The molecular formula is C4H4N4O2. The van der Waals surface area contributed by atoms with Crippen molar-refractivity contribution in [3.8, 4) is 0 Å². The third-order valence-corrected chi connectivity index (χ3v) is 0.805. The molecule has 2 N–H and O–H groups in total. The molecule has 6 nitrogen and oxygen atoms in total. The minimum atomic E-state index is 0.0469. The minimum Gasteiger partial charge on any atom is -0.294 e. The molecule has 0 saturated heterocycles. The van der Waals surface area contributed by atoms with Gasteiger partial charge in [0.1, 0.15) is 0 Å². The van der Waals surface area contributed by atoms with Gasteiger partial charge >= 0.3 is 0 Å². The third kappa shape index (κ3) is 1.16. The van der Waals surface area contributed by atoms with Crippen LogP contribution in [0, 0.1) is 0 Å². The Bertz CT molecular complexity index is 195. The molecule has 1 aliphatic heterocycles. The maximum atomic E-state index is 9.96. The van der Waals surface area contributed by atoms with E-state index in [9.17, 15) is 9.59 Å². The molecule has 0 aromatic heterocycles. The fraction of sp³-hybridized carbons (Fsp3) is 0. The van der Waals surface area contributed by atoms with Gasteiger partial charge in [0.15, 0.2) is 12.6 Å². The molecule has 0 unspecified atom stereocenters. The van der Waals surface area contributed by atoms with E-state index >= 15 is 0 Å². The Hall–Kier alpha value is -1.72. The number of amidine groups is 2. The second-order valence-corrected chi connectivity index (χ2v) is 1.45. The molecule has 0 atom stereocenters. The van der Waals surface area contributed by atoms with E-state index < -0.39 is 0 Å². The van der Waals surface area contributed by atoms with Gasteiger partial charge in [0.2, 0.25) is 11.7 Å². The predicted octanol–water partition coefficient (Wildman–Crippen LogP) is -1.80. The number of carbonyl (C=O) groups is 2. The summed E-state index contributed by atoms with van der Waals surface area (Å²) in [6.07, 6.45) is 0.968. The van der Waals surface area contributed by atoms with Crippen LogP contribution >= 0.6 is 0 Å². The summed E-state index contributed by atoms with van der Waals surface area (Å²) < 4.78 is 0. The molecule has 6 heteroatoms. The van der Waals surface area contributed by atoms with E-state index in [0.717, 1.165) is 0 Å². The third-order valence-electron chi connectivity index (χ3n) is 0.805. The second kappa shape index (κ2) is 2.72. The van der Waals surface area contributed by atoms with Gasteiger partial charge in [-0.05, 0) is 0 Å². The lowest BCUT2D eigenvalue weighted by atomic mass is 10.6. The Morgan fingerprint density at radius 2 is 1.40 bits per heavy atom. The van der Waals surface area contributed by atoms with Crippen molar-refractivity contribution in [2.75, 3.05) is 0 Å². The van der Waals surface area contributed by atoms with Crippen LogP contribution in [0.15, 0.2) is 10.2 Å². The molecule has 0 bridgehead atoms. The first-order chi connectivity index (χ1) is 4.86. The Kier molecular flexibility index (Phi) is 1.74. The highest BCUT2D eigenvalue weighted by Gasteiger charge is 2.03. The van der Waals surface area contributed by atoms with Gasteiger partial charge in [0.05, 0.1) is 0 Å². The lowest BCUT2D eigenvalue weighted by Gasteiger charge is -2.05. The van der Waals surface area contributed by atoms with Gasteiger partial charge in [-0.3, -0.25) is 20.4 Å². The molecule has 0 radical (unpaired) electrons. The van der Waals surface area contributed by atoms with Gasteiger partial charge in [-0.25, -0.2) is 0 Å². The number of hydrogen-bond donors (Lipinski definition) is 2. The average Bonchev–Trinajstić information content (AvgIpc) is 2.05. The van der Waals surface area contributed by atoms with E-state index in [1.165, 1.54) is 0 Å². The normalized spacial score (nSPS) is 15.6. The molecule has 1 rings (SSSR count). The Morgan fingerprint density at radius 1 is 1.00 bits per heavy atom. The van der Waals surface area contributed by atoms with E-state index in [4.69, 9.17) is 0 Å². The van der Waals surface area contributed by atoms with Crippen LogP contribution in [0.3, 0.4) is 0 Å². The molecule has 0 saturated carbocycles. The van der Waals surface area contributed by atoms with E-state index in [0.29, 0.717) is 12.6 Å². The summed E-state index contributed by atoms with van der Waals surface area (Å²) in [5.74, 6) is 0.0937. The second-order valence-electron chi connectivity index (χ2n) is 1.45. The van der Waals surface area contributed by atoms with Crippen LogP contribution in [0.25, 0.3) is 0 Å². The summed E-state index contributed by atoms with van der Waals surface area (Å²) in [6.45, 7) is 0. The van der Waals surface area contributed by atoms with Crippen molar-refractivity contribution < 1.29 is 9.59 Å². The average molecular weight is 140 g/mol. The van der Waals surface area contributed by atoms with Gasteiger partial charge in [-0.15, -0.1) is 0 Å². The molecular weight excluding hydrogens is 136 g/mol. The highest BCUT2D eigenvalue weighted by molar-refractivity contribution is 6.32. The van der Waals surface area contributed by atoms with Crippen molar-refractivity contribution in [3.63, 3.8) is 0 Å². The molecule has 0 aliphatic carbocycles. The monoisotopic (exact) mass is 140 g/mol. The smallest absolute Gasteiger partial charge is 0.206 e. The molecule has 0 aromatic carbocycles. The fourth-order valence-electron chi connectivity index (χ4n) is 0.390. The van der Waals surface area contributed by atoms with E-state index in [1.54, 1.807) is 0 Å². The van der Waals surface area contributed by atoms with Crippen LogP contribution in [-0.2, 0) is 9.59 Å². The Labute approximate surface area is 56.0 Å². The summed E-state index contributed by atoms with van der Waals surface area (Å²) in [6, 6.07) is 0. The Morgan fingerprint density at radius 3 is 1.60 bits per heavy atom. The van der Waals surface area contributed by atoms with Gasteiger partial charge in [-0.2, -0.15) is 10.2 Å². The standard InChI is InChI=1S/C4H4N4O2/c9-1-3-5-7-4(2-10)8-6-3/h1-2H,(H,5,6)(H,7,8). The van der Waals surface area contributed by atoms with Crippen molar-refractivity contribution in [1.29, 1.82) is 0 Å². The van der Waals surface area contributed by atoms with E-state index in [2.05, 4.69) is 21.1 Å². The van der Waals surface area contributed by atoms with Crippen molar-refractivity contribution in [2.24, 2.45) is 10.2 Å². The molecule has 1 heterocycles. The Balaban J connectivity index is 2.60. The maximum Gasteiger partial charge on any atom is 0.206 e. The highest BCUT2D eigenvalue weighted by Crippen LogP contribution is 1.76. The van der Waals surface area contributed by atoms with Gasteiger partial charge in [0, 0.05) is 0 Å². The number of nitrogens with one attached hydrogen (secondary N) is 2. The number of nitrogens with zero attached hydrogens (tertiary/aromatic N) is 2. The number of hydrazone groups is 2. The number of carbonyl (C=O) groups excluding carboxylic acids is 2. The lowest BCUT2D eigenvalue weighted by molar-refractivity contribution is -0.104. The number of aldehydes is 2. The zero-order chi connectivity index (χ0) is 7.40. The molecule has 0 aromatic rings. The van der Waals surface area contributed by atoms with Crippen LogP contribution in [0.2, 0.25) is 0 Å². The van der Waals surface area contributed by atoms with Crippen LogP contribution in [-0.4, -0.2) is 24.2 Å². The first-order valence-electron chi connectivity index (χ1n) is 2.44. The van der Waals surface area contributed by atoms with Crippen LogP contribution in [0.5, 0.6) is 0 Å². The molecule has 0 spiro atoms. The van der Waals surface area contributed by atoms with E-state index in [-0.39, 0.29) is 11.7 Å². The van der Waals surface area contributed by atoms with E-state index in [1.807, 2.05) is 0 Å². The summed E-state index contributed by atoms with van der Waals surface area (Å²) in [5, 5.41) is 6.85. The molecule has 52 valence electrons.